The van der Waals surface area contributed by atoms with Gasteiger partial charge in [-0.15, -0.1) is 11.3 Å². The summed E-state index contributed by atoms with van der Waals surface area (Å²) >= 11 is 3.40. The largest absolute Gasteiger partial charge is 0.472 e. The fourth-order valence-corrected chi connectivity index (χ4v) is 5.06. The van der Waals surface area contributed by atoms with Crippen molar-refractivity contribution >= 4 is 29.0 Å². The highest BCUT2D eigenvalue weighted by atomic mass is 32.2. The maximum Gasteiger partial charge on any atom is 0.273 e. The monoisotopic (exact) mass is 336 g/mol. The molecule has 2 saturated heterocycles. The van der Waals surface area contributed by atoms with Crippen LogP contribution in [0.15, 0.2) is 28.4 Å². The van der Waals surface area contributed by atoms with Gasteiger partial charge in [-0.05, 0) is 12.5 Å². The van der Waals surface area contributed by atoms with Crippen LogP contribution in [0, 0.1) is 0 Å². The zero-order valence-corrected chi connectivity index (χ0v) is 13.6. The fraction of sp³-hybridized carbons (Fsp3) is 0.467. The third kappa shape index (κ3) is 2.57. The number of hydrogen-bond donors (Lipinski definition) is 0. The highest BCUT2D eigenvalue weighted by Crippen LogP contribution is 2.32. The molecule has 22 heavy (non-hydrogen) atoms. The topological polar surface area (TPSA) is 55.6 Å². The summed E-state index contributed by atoms with van der Waals surface area (Å²) in [5.41, 5.74) is 1.46. The number of furan rings is 1. The van der Waals surface area contributed by atoms with Gasteiger partial charge in [0, 0.05) is 41.1 Å². The van der Waals surface area contributed by atoms with Gasteiger partial charge in [-0.3, -0.25) is 4.79 Å². The number of thiazole rings is 1. The number of ether oxygens (including phenoxy) is 1. The molecule has 5 nitrogen and oxygen atoms in total. The second-order valence-electron chi connectivity index (χ2n) is 5.39. The maximum atomic E-state index is 12.8. The van der Waals surface area contributed by atoms with Gasteiger partial charge in [0.05, 0.1) is 12.9 Å². The minimum Gasteiger partial charge on any atom is -0.472 e. The predicted molar refractivity (Wildman–Crippen MR) is 86.3 cm³/mol. The molecule has 116 valence electrons. The van der Waals surface area contributed by atoms with E-state index in [1.165, 1.54) is 11.3 Å². The van der Waals surface area contributed by atoms with E-state index in [1.54, 1.807) is 12.5 Å². The molecule has 0 radical (unpaired) electrons. The molecule has 1 amide bonds. The third-order valence-corrected chi connectivity index (χ3v) is 6.27. The first-order chi connectivity index (χ1) is 10.8. The number of nitrogens with zero attached hydrogens (tertiary/aromatic N) is 2. The summed E-state index contributed by atoms with van der Waals surface area (Å²) in [6.07, 6.45) is 4.19. The van der Waals surface area contributed by atoms with Crippen LogP contribution in [0.2, 0.25) is 0 Å². The van der Waals surface area contributed by atoms with Crippen molar-refractivity contribution in [1.82, 2.24) is 9.88 Å². The highest BCUT2D eigenvalue weighted by molar-refractivity contribution is 8.00. The van der Waals surface area contributed by atoms with Crippen molar-refractivity contribution in [3.05, 3.63) is 29.7 Å². The Kier molecular flexibility index (Phi) is 3.94. The molecule has 0 N–H and O–H groups in total. The van der Waals surface area contributed by atoms with Crippen LogP contribution in [0.1, 0.15) is 16.9 Å². The molecule has 2 aliphatic heterocycles. The summed E-state index contributed by atoms with van der Waals surface area (Å²) in [7, 11) is 0. The molecule has 2 aliphatic rings. The van der Waals surface area contributed by atoms with Crippen LogP contribution in [0.4, 0.5) is 0 Å². The average Bonchev–Trinajstić information content (AvgIpc) is 3.24. The lowest BCUT2D eigenvalue weighted by molar-refractivity contribution is 0.0316. The molecule has 2 fully saturated rings. The SMILES string of the molecule is O=C(c1csc(-c2ccoc2)n1)N1CCS[C@H]2COCC[C@@H]21. The molecule has 0 aliphatic carbocycles. The summed E-state index contributed by atoms with van der Waals surface area (Å²) in [5.74, 6) is 1.01. The summed E-state index contributed by atoms with van der Waals surface area (Å²) in [6, 6.07) is 2.14. The van der Waals surface area contributed by atoms with Crippen LogP contribution in [0.5, 0.6) is 0 Å². The van der Waals surface area contributed by atoms with E-state index in [0.29, 0.717) is 10.9 Å². The third-order valence-electron chi connectivity index (χ3n) is 4.09. The molecule has 2 aromatic heterocycles. The van der Waals surface area contributed by atoms with E-state index in [0.717, 1.165) is 42.5 Å². The Morgan fingerprint density at radius 2 is 2.41 bits per heavy atom. The predicted octanol–water partition coefficient (Wildman–Crippen LogP) is 2.75. The van der Waals surface area contributed by atoms with Crippen LogP contribution in [-0.2, 0) is 4.74 Å². The maximum absolute atomic E-state index is 12.8. The van der Waals surface area contributed by atoms with Crippen LogP contribution < -0.4 is 0 Å². The normalized spacial score (nSPS) is 25.0. The van der Waals surface area contributed by atoms with E-state index in [9.17, 15) is 4.79 Å². The van der Waals surface area contributed by atoms with Crippen molar-refractivity contribution in [2.75, 3.05) is 25.5 Å². The molecule has 4 heterocycles. The quantitative estimate of drug-likeness (QED) is 0.844. The van der Waals surface area contributed by atoms with Crippen LogP contribution in [0.25, 0.3) is 10.6 Å². The smallest absolute Gasteiger partial charge is 0.273 e. The van der Waals surface area contributed by atoms with Crippen molar-refractivity contribution in [2.45, 2.75) is 17.7 Å². The van der Waals surface area contributed by atoms with Gasteiger partial charge in [-0.1, -0.05) is 0 Å². The molecule has 7 heteroatoms. The summed E-state index contributed by atoms with van der Waals surface area (Å²) in [4.78, 5) is 19.3. The van der Waals surface area contributed by atoms with Gasteiger partial charge < -0.3 is 14.1 Å². The lowest BCUT2D eigenvalue weighted by Crippen LogP contribution is -2.54. The first kappa shape index (κ1) is 14.3. The second kappa shape index (κ2) is 6.06. The van der Waals surface area contributed by atoms with Crippen molar-refractivity contribution in [3.8, 4) is 10.6 Å². The van der Waals surface area contributed by atoms with E-state index in [4.69, 9.17) is 9.15 Å². The number of carbonyl (C=O) groups excluding carboxylic acids is 1. The van der Waals surface area contributed by atoms with Crippen molar-refractivity contribution in [3.63, 3.8) is 0 Å². The fourth-order valence-electron chi connectivity index (χ4n) is 2.97. The van der Waals surface area contributed by atoms with Crippen molar-refractivity contribution in [2.24, 2.45) is 0 Å². The van der Waals surface area contributed by atoms with Crippen molar-refractivity contribution in [1.29, 1.82) is 0 Å². The molecule has 0 spiro atoms. The molecular formula is C15H16N2O3S2. The molecule has 2 aromatic rings. The van der Waals surface area contributed by atoms with Gasteiger partial charge in [-0.25, -0.2) is 4.98 Å². The van der Waals surface area contributed by atoms with Gasteiger partial charge in [0.15, 0.2) is 0 Å². The minimum absolute atomic E-state index is 0.0446. The van der Waals surface area contributed by atoms with Gasteiger partial charge in [0.2, 0.25) is 0 Å². The summed E-state index contributed by atoms with van der Waals surface area (Å²) in [5, 5.41) is 3.08. The van der Waals surface area contributed by atoms with Gasteiger partial charge >= 0.3 is 0 Å². The Labute approximate surface area is 136 Å². The number of aromatic nitrogens is 1. The standard InChI is InChI=1S/C15H16N2O3S2/c18-15(11-9-22-14(16-11)10-1-4-19-7-10)17-3-6-21-13-8-20-5-2-12(13)17/h1,4,7,9,12-13H,2-3,5-6,8H2/t12-,13-/m0/s1. The van der Waals surface area contributed by atoms with E-state index in [1.807, 2.05) is 28.1 Å². The first-order valence-electron chi connectivity index (χ1n) is 7.31. The molecule has 0 unspecified atom stereocenters. The second-order valence-corrected chi connectivity index (χ2v) is 7.59. The van der Waals surface area contributed by atoms with Gasteiger partial charge in [0.1, 0.15) is 17.0 Å². The molecule has 2 atom stereocenters. The molecule has 0 aromatic carbocycles. The Morgan fingerprint density at radius 1 is 1.45 bits per heavy atom. The molecule has 4 rings (SSSR count). The average molecular weight is 336 g/mol. The van der Waals surface area contributed by atoms with E-state index in [2.05, 4.69) is 4.98 Å². The number of amides is 1. The van der Waals surface area contributed by atoms with E-state index in [-0.39, 0.29) is 11.9 Å². The summed E-state index contributed by atoms with van der Waals surface area (Å²) in [6.45, 7) is 2.28. The lowest BCUT2D eigenvalue weighted by atomic mass is 10.1. The van der Waals surface area contributed by atoms with Gasteiger partial charge in [-0.2, -0.15) is 11.8 Å². The number of carbonyl (C=O) groups is 1. The minimum atomic E-state index is 0.0446. The van der Waals surface area contributed by atoms with Crippen molar-refractivity contribution < 1.29 is 13.9 Å². The van der Waals surface area contributed by atoms with E-state index >= 15 is 0 Å². The molecule has 0 saturated carbocycles. The Bertz CT molecular complexity index is 654. The zero-order valence-electron chi connectivity index (χ0n) is 11.9. The highest BCUT2D eigenvalue weighted by Gasteiger charge is 2.37. The van der Waals surface area contributed by atoms with Crippen LogP contribution in [-0.4, -0.2) is 52.6 Å². The van der Waals surface area contributed by atoms with Crippen LogP contribution in [0.3, 0.4) is 0 Å². The Hall–Kier alpha value is -1.31. The first-order valence-corrected chi connectivity index (χ1v) is 9.24. The Balaban J connectivity index is 1.56. The van der Waals surface area contributed by atoms with E-state index < -0.39 is 0 Å². The lowest BCUT2D eigenvalue weighted by Gasteiger charge is -2.43. The van der Waals surface area contributed by atoms with Gasteiger partial charge in [0.25, 0.3) is 5.91 Å². The molecular weight excluding hydrogens is 320 g/mol. The van der Waals surface area contributed by atoms with Crippen LogP contribution >= 0.6 is 23.1 Å². The molecule has 0 bridgehead atoms. The zero-order chi connectivity index (χ0) is 14.9. The number of fused-ring (bicyclic) bond motifs is 1. The Morgan fingerprint density at radius 3 is 3.27 bits per heavy atom. The number of rotatable bonds is 2. The summed E-state index contributed by atoms with van der Waals surface area (Å²) < 4.78 is 10.6. The number of thioether (sulfide) groups is 1. The number of hydrogen-bond acceptors (Lipinski definition) is 6.